The minimum atomic E-state index is -0.819. The van der Waals surface area contributed by atoms with Crippen LogP contribution in [0.25, 0.3) is 0 Å². The van der Waals surface area contributed by atoms with Crippen LogP contribution in [0.2, 0.25) is 0 Å². The Morgan fingerprint density at radius 1 is 1.78 bits per heavy atom. The number of likely N-dealkylation sites (tertiary alicyclic amines) is 1. The van der Waals surface area contributed by atoms with Gasteiger partial charge >= 0.3 is 0 Å². The standard InChI is InChI=1S/C5H9FN2O/c6-4-2-8(3-4)5(9)1-7/h4H,1-3,7H2. The Morgan fingerprint density at radius 3 is 2.67 bits per heavy atom. The average molecular weight is 132 g/mol. The second-order valence-corrected chi connectivity index (χ2v) is 2.10. The van der Waals surface area contributed by atoms with Gasteiger partial charge in [0.15, 0.2) is 0 Å². The minimum Gasteiger partial charge on any atom is -0.336 e. The molecular formula is C5H9FN2O. The number of rotatable bonds is 1. The maximum atomic E-state index is 12.0. The molecular weight excluding hydrogens is 123 g/mol. The summed E-state index contributed by atoms with van der Waals surface area (Å²) in [5.41, 5.74) is 5.01. The highest BCUT2D eigenvalue weighted by atomic mass is 19.1. The summed E-state index contributed by atoms with van der Waals surface area (Å²) in [5, 5.41) is 0. The molecule has 3 nitrogen and oxygen atoms in total. The van der Waals surface area contributed by atoms with Gasteiger partial charge < -0.3 is 10.6 Å². The lowest BCUT2D eigenvalue weighted by atomic mass is 10.2. The fourth-order valence-electron chi connectivity index (χ4n) is 0.758. The van der Waals surface area contributed by atoms with Crippen LogP contribution in [0.5, 0.6) is 0 Å². The second-order valence-electron chi connectivity index (χ2n) is 2.10. The van der Waals surface area contributed by atoms with Crippen LogP contribution in [0.1, 0.15) is 0 Å². The summed E-state index contributed by atoms with van der Waals surface area (Å²) in [5.74, 6) is -0.163. The molecule has 1 amide bonds. The van der Waals surface area contributed by atoms with E-state index in [0.29, 0.717) is 0 Å². The number of hydrogen-bond donors (Lipinski definition) is 1. The van der Waals surface area contributed by atoms with E-state index in [1.807, 2.05) is 0 Å². The first kappa shape index (κ1) is 6.48. The van der Waals surface area contributed by atoms with Crippen molar-refractivity contribution in [3.05, 3.63) is 0 Å². The van der Waals surface area contributed by atoms with Crippen LogP contribution in [0, 0.1) is 0 Å². The molecule has 52 valence electrons. The van der Waals surface area contributed by atoms with E-state index in [2.05, 4.69) is 0 Å². The highest BCUT2D eigenvalue weighted by Gasteiger charge is 2.28. The van der Waals surface area contributed by atoms with Gasteiger partial charge in [-0.3, -0.25) is 4.79 Å². The maximum Gasteiger partial charge on any atom is 0.236 e. The van der Waals surface area contributed by atoms with Crippen molar-refractivity contribution in [1.82, 2.24) is 4.90 Å². The second kappa shape index (κ2) is 2.31. The fraction of sp³-hybridized carbons (Fsp3) is 0.800. The van der Waals surface area contributed by atoms with Crippen molar-refractivity contribution in [3.8, 4) is 0 Å². The van der Waals surface area contributed by atoms with E-state index >= 15 is 0 Å². The zero-order chi connectivity index (χ0) is 6.85. The van der Waals surface area contributed by atoms with E-state index in [4.69, 9.17) is 5.73 Å². The van der Waals surface area contributed by atoms with Gasteiger partial charge in [-0.05, 0) is 0 Å². The SMILES string of the molecule is NCC(=O)N1CC(F)C1. The monoisotopic (exact) mass is 132 g/mol. The summed E-state index contributed by atoms with van der Waals surface area (Å²) in [6.07, 6.45) is -0.819. The highest BCUT2D eigenvalue weighted by Crippen LogP contribution is 2.09. The Hall–Kier alpha value is -0.640. The molecule has 4 heteroatoms. The Labute approximate surface area is 52.6 Å². The van der Waals surface area contributed by atoms with Gasteiger partial charge in [-0.15, -0.1) is 0 Å². The van der Waals surface area contributed by atoms with Gasteiger partial charge in [-0.1, -0.05) is 0 Å². The summed E-state index contributed by atoms with van der Waals surface area (Å²) in [7, 11) is 0. The van der Waals surface area contributed by atoms with Gasteiger partial charge in [-0.25, -0.2) is 4.39 Å². The van der Waals surface area contributed by atoms with Crippen LogP contribution in [0.15, 0.2) is 0 Å². The van der Waals surface area contributed by atoms with Crippen molar-refractivity contribution in [2.75, 3.05) is 19.6 Å². The number of nitrogens with two attached hydrogens (primary N) is 1. The third-order valence-corrected chi connectivity index (χ3v) is 1.36. The van der Waals surface area contributed by atoms with Crippen molar-refractivity contribution in [2.45, 2.75) is 6.17 Å². The van der Waals surface area contributed by atoms with Crippen molar-refractivity contribution in [2.24, 2.45) is 5.73 Å². The molecule has 0 saturated carbocycles. The zero-order valence-corrected chi connectivity index (χ0v) is 5.01. The van der Waals surface area contributed by atoms with Gasteiger partial charge in [0.25, 0.3) is 0 Å². The van der Waals surface area contributed by atoms with Crippen molar-refractivity contribution in [1.29, 1.82) is 0 Å². The molecule has 1 saturated heterocycles. The molecule has 0 unspecified atom stereocenters. The van der Waals surface area contributed by atoms with E-state index < -0.39 is 6.17 Å². The van der Waals surface area contributed by atoms with Crippen molar-refractivity contribution >= 4 is 5.91 Å². The largest absolute Gasteiger partial charge is 0.336 e. The molecule has 1 rings (SSSR count). The van der Waals surface area contributed by atoms with Crippen LogP contribution in [0.4, 0.5) is 4.39 Å². The summed E-state index contributed by atoms with van der Waals surface area (Å²) < 4.78 is 12.0. The van der Waals surface area contributed by atoms with Gasteiger partial charge in [0.05, 0.1) is 19.6 Å². The molecule has 0 aromatic heterocycles. The van der Waals surface area contributed by atoms with Crippen molar-refractivity contribution < 1.29 is 9.18 Å². The molecule has 1 fully saturated rings. The predicted octanol–water partition coefficient (Wildman–Crippen LogP) is -0.875. The van der Waals surface area contributed by atoms with E-state index in [1.165, 1.54) is 4.90 Å². The molecule has 0 atom stereocenters. The molecule has 0 radical (unpaired) electrons. The van der Waals surface area contributed by atoms with E-state index in [-0.39, 0.29) is 25.5 Å². The minimum absolute atomic E-state index is 0.00722. The first-order valence-electron chi connectivity index (χ1n) is 2.86. The van der Waals surface area contributed by atoms with Crippen LogP contribution in [-0.2, 0) is 4.79 Å². The van der Waals surface area contributed by atoms with Crippen molar-refractivity contribution in [3.63, 3.8) is 0 Å². The Bertz CT molecular complexity index is 122. The summed E-state index contributed by atoms with van der Waals surface area (Å²) >= 11 is 0. The van der Waals surface area contributed by atoms with Crippen LogP contribution in [-0.4, -0.2) is 36.6 Å². The Balaban J connectivity index is 2.23. The summed E-state index contributed by atoms with van der Waals surface area (Å²) in [6, 6.07) is 0. The molecule has 0 aliphatic carbocycles. The predicted molar refractivity (Wildman–Crippen MR) is 30.5 cm³/mol. The van der Waals surface area contributed by atoms with Crippen LogP contribution >= 0.6 is 0 Å². The number of nitrogens with zero attached hydrogens (tertiary/aromatic N) is 1. The lowest BCUT2D eigenvalue weighted by Crippen LogP contribution is -2.53. The topological polar surface area (TPSA) is 46.3 Å². The Kier molecular flexibility index (Phi) is 1.66. The molecule has 0 bridgehead atoms. The normalized spacial score (nSPS) is 19.6. The van der Waals surface area contributed by atoms with Crippen LogP contribution < -0.4 is 5.73 Å². The number of carbonyl (C=O) groups is 1. The van der Waals surface area contributed by atoms with Crippen LogP contribution in [0.3, 0.4) is 0 Å². The van der Waals surface area contributed by atoms with E-state index in [1.54, 1.807) is 0 Å². The molecule has 0 aromatic carbocycles. The lowest BCUT2D eigenvalue weighted by molar-refractivity contribution is -0.136. The molecule has 0 aromatic rings. The first-order valence-corrected chi connectivity index (χ1v) is 2.86. The first-order chi connectivity index (χ1) is 4.24. The number of hydrogen-bond acceptors (Lipinski definition) is 2. The van der Waals surface area contributed by atoms with Gasteiger partial charge in [0.2, 0.25) is 5.91 Å². The zero-order valence-electron chi connectivity index (χ0n) is 5.01. The smallest absolute Gasteiger partial charge is 0.236 e. The third kappa shape index (κ3) is 1.18. The molecule has 1 aliphatic heterocycles. The number of halogens is 1. The van der Waals surface area contributed by atoms with Gasteiger partial charge in [0.1, 0.15) is 6.17 Å². The quantitative estimate of drug-likeness (QED) is 0.504. The van der Waals surface area contributed by atoms with Gasteiger partial charge in [-0.2, -0.15) is 0 Å². The molecule has 1 aliphatic rings. The Morgan fingerprint density at radius 2 is 2.33 bits per heavy atom. The highest BCUT2D eigenvalue weighted by molar-refractivity contribution is 5.78. The number of amides is 1. The van der Waals surface area contributed by atoms with E-state index in [0.717, 1.165) is 0 Å². The number of carbonyl (C=O) groups excluding carboxylic acids is 1. The van der Waals surface area contributed by atoms with E-state index in [9.17, 15) is 9.18 Å². The van der Waals surface area contributed by atoms with Gasteiger partial charge in [0, 0.05) is 0 Å². The number of alkyl halides is 1. The lowest BCUT2D eigenvalue weighted by Gasteiger charge is -2.33. The summed E-state index contributed by atoms with van der Waals surface area (Å²) in [6.45, 7) is 0.457. The maximum absolute atomic E-state index is 12.0. The molecule has 0 spiro atoms. The molecule has 1 heterocycles. The molecule has 9 heavy (non-hydrogen) atoms. The third-order valence-electron chi connectivity index (χ3n) is 1.36. The summed E-state index contributed by atoms with van der Waals surface area (Å²) in [4.78, 5) is 12.0. The fourth-order valence-corrected chi connectivity index (χ4v) is 0.758. The average Bonchev–Trinajstić information content (AvgIpc) is 1.79. The molecule has 2 N–H and O–H groups in total.